The first kappa shape index (κ1) is 12.8. The van der Waals surface area contributed by atoms with E-state index < -0.39 is 0 Å². The van der Waals surface area contributed by atoms with Crippen molar-refractivity contribution in [1.82, 2.24) is 0 Å². The number of hydrogen-bond acceptors (Lipinski definition) is 2. The summed E-state index contributed by atoms with van der Waals surface area (Å²) in [5.74, 6) is 0.807. The van der Waals surface area contributed by atoms with E-state index in [0.717, 1.165) is 12.3 Å². The van der Waals surface area contributed by atoms with Gasteiger partial charge in [-0.2, -0.15) is 0 Å². The van der Waals surface area contributed by atoms with E-state index in [4.69, 9.17) is 5.41 Å². The Hall–Kier alpha value is -0.240. The lowest BCUT2D eigenvalue weighted by atomic mass is 10.0. The molecule has 0 rings (SSSR count). The van der Waals surface area contributed by atoms with Crippen LogP contribution in [0.1, 0.15) is 40.0 Å². The van der Waals surface area contributed by atoms with Gasteiger partial charge in [-0.25, -0.2) is 0 Å². The molecule has 0 bridgehead atoms. The molecule has 0 radical (unpaired) electrons. The van der Waals surface area contributed by atoms with E-state index in [1.807, 2.05) is 0 Å². The Kier molecular flexibility index (Phi) is 8.21. The predicted octanol–water partition coefficient (Wildman–Crippen LogP) is 4.10. The fourth-order valence-electron chi connectivity index (χ4n) is 0.955. The van der Waals surface area contributed by atoms with Gasteiger partial charge in [-0.05, 0) is 18.8 Å². The molecule has 0 aromatic heterocycles. The summed E-state index contributed by atoms with van der Waals surface area (Å²) in [6.45, 7) is 6.66. The van der Waals surface area contributed by atoms with Crippen molar-refractivity contribution in [3.05, 3.63) is 12.2 Å². The quantitative estimate of drug-likeness (QED) is 0.372. The first-order valence-corrected chi connectivity index (χ1v) is 5.94. The molecule has 0 unspecified atom stereocenters. The number of allylic oxidation sites excluding steroid dienone is 2. The monoisotopic (exact) mass is 199 g/mol. The van der Waals surface area contributed by atoms with Crippen molar-refractivity contribution in [2.24, 2.45) is 5.92 Å². The molecule has 0 aromatic carbocycles. The highest BCUT2D eigenvalue weighted by Gasteiger charge is 1.97. The van der Waals surface area contributed by atoms with Gasteiger partial charge < -0.3 is 5.41 Å². The molecule has 0 heterocycles. The summed E-state index contributed by atoms with van der Waals surface area (Å²) in [6.07, 6.45) is 8.05. The van der Waals surface area contributed by atoms with E-state index in [0.29, 0.717) is 5.25 Å². The number of thioether (sulfide) groups is 1. The van der Waals surface area contributed by atoms with Crippen molar-refractivity contribution in [3.63, 3.8) is 0 Å². The van der Waals surface area contributed by atoms with Crippen LogP contribution in [-0.4, -0.2) is 10.8 Å². The van der Waals surface area contributed by atoms with Gasteiger partial charge in [0, 0.05) is 5.25 Å². The minimum absolute atomic E-state index is 0.547. The number of hydrogen-bond donors (Lipinski definition) is 1. The molecule has 0 amide bonds. The van der Waals surface area contributed by atoms with Crippen LogP contribution in [0.15, 0.2) is 12.2 Å². The molecule has 1 nitrogen and oxygen atoms in total. The molecule has 0 spiro atoms. The highest BCUT2D eigenvalue weighted by atomic mass is 32.2. The summed E-state index contributed by atoms with van der Waals surface area (Å²) in [4.78, 5) is 0. The van der Waals surface area contributed by atoms with Crippen molar-refractivity contribution in [2.75, 3.05) is 0 Å². The van der Waals surface area contributed by atoms with E-state index in [9.17, 15) is 0 Å². The molecule has 2 heteroatoms. The molecule has 0 aliphatic heterocycles. The second kappa shape index (κ2) is 8.36. The second-order valence-corrected chi connectivity index (χ2v) is 4.83. The van der Waals surface area contributed by atoms with Crippen molar-refractivity contribution < 1.29 is 0 Å². The third kappa shape index (κ3) is 8.10. The molecule has 0 fully saturated rings. The van der Waals surface area contributed by atoms with Gasteiger partial charge in [-0.1, -0.05) is 39.3 Å². The third-order valence-electron chi connectivity index (χ3n) is 2.17. The molecule has 0 aliphatic rings. The van der Waals surface area contributed by atoms with Gasteiger partial charge in [0.25, 0.3) is 0 Å². The lowest BCUT2D eigenvalue weighted by Gasteiger charge is -2.04. The molecule has 0 saturated heterocycles. The summed E-state index contributed by atoms with van der Waals surface area (Å²) >= 11 is 1.59. The minimum atomic E-state index is 0.547. The normalized spacial score (nSPS) is 15.9. The van der Waals surface area contributed by atoms with Crippen molar-refractivity contribution in [2.45, 2.75) is 45.3 Å². The standard InChI is InChI=1S/C11H21NS/c1-4-10(2)7-5-6-8-11(3)13-9-12/h5-6,9-12H,4,7-8H2,1-3H3/b6-5-,12-9?/t10-,11-/m0/s1. The van der Waals surface area contributed by atoms with Gasteiger partial charge >= 0.3 is 0 Å². The second-order valence-electron chi connectivity index (χ2n) is 3.52. The molecule has 0 aliphatic carbocycles. The highest BCUT2D eigenvalue weighted by molar-refractivity contribution is 8.12. The first-order chi connectivity index (χ1) is 6.20. The summed E-state index contributed by atoms with van der Waals surface area (Å²) in [6, 6.07) is 0. The van der Waals surface area contributed by atoms with Crippen molar-refractivity contribution >= 4 is 17.3 Å². The van der Waals surface area contributed by atoms with Gasteiger partial charge in [-0.3, -0.25) is 0 Å². The summed E-state index contributed by atoms with van der Waals surface area (Å²) in [7, 11) is 0. The largest absolute Gasteiger partial charge is 0.302 e. The fourth-order valence-corrected chi connectivity index (χ4v) is 1.41. The van der Waals surface area contributed by atoms with Crippen LogP contribution in [0.5, 0.6) is 0 Å². The van der Waals surface area contributed by atoms with Crippen LogP contribution in [-0.2, 0) is 0 Å². The van der Waals surface area contributed by atoms with Crippen LogP contribution in [0.25, 0.3) is 0 Å². The Balaban J connectivity index is 3.45. The topological polar surface area (TPSA) is 23.9 Å². The molecule has 76 valence electrons. The zero-order chi connectivity index (χ0) is 10.1. The van der Waals surface area contributed by atoms with Gasteiger partial charge in [-0.15, -0.1) is 11.8 Å². The van der Waals surface area contributed by atoms with Crippen LogP contribution in [0.3, 0.4) is 0 Å². The van der Waals surface area contributed by atoms with Crippen LogP contribution in [0.2, 0.25) is 0 Å². The van der Waals surface area contributed by atoms with Crippen LogP contribution >= 0.6 is 11.8 Å². The average molecular weight is 199 g/mol. The molecular weight excluding hydrogens is 178 g/mol. The van der Waals surface area contributed by atoms with Crippen LogP contribution in [0.4, 0.5) is 0 Å². The zero-order valence-electron chi connectivity index (χ0n) is 8.92. The van der Waals surface area contributed by atoms with E-state index in [1.165, 1.54) is 18.4 Å². The summed E-state index contributed by atoms with van der Waals surface area (Å²) in [5, 5.41) is 7.47. The fraction of sp³-hybridized carbons (Fsp3) is 0.727. The molecule has 0 aromatic rings. The Morgan fingerprint density at radius 3 is 2.38 bits per heavy atom. The Labute approximate surface area is 86.5 Å². The van der Waals surface area contributed by atoms with Crippen LogP contribution in [0, 0.1) is 11.3 Å². The Bertz CT molecular complexity index is 154. The smallest absolute Gasteiger partial charge is 0.0509 e. The SMILES string of the molecule is CC[C@H](C)C/C=C\C[C@H](C)SC=N. The number of rotatable bonds is 7. The van der Waals surface area contributed by atoms with Crippen molar-refractivity contribution in [1.29, 1.82) is 5.41 Å². The van der Waals surface area contributed by atoms with Gasteiger partial charge in [0.1, 0.15) is 0 Å². The molecule has 2 atom stereocenters. The first-order valence-electron chi connectivity index (χ1n) is 5.00. The van der Waals surface area contributed by atoms with E-state index in [2.05, 4.69) is 32.9 Å². The van der Waals surface area contributed by atoms with E-state index in [-0.39, 0.29) is 0 Å². The molecule has 13 heavy (non-hydrogen) atoms. The lowest BCUT2D eigenvalue weighted by Crippen LogP contribution is -1.93. The maximum Gasteiger partial charge on any atom is 0.0509 e. The Morgan fingerprint density at radius 1 is 1.23 bits per heavy atom. The number of nitrogens with one attached hydrogen (secondary N) is 1. The lowest BCUT2D eigenvalue weighted by molar-refractivity contribution is 0.571. The van der Waals surface area contributed by atoms with E-state index in [1.54, 1.807) is 11.8 Å². The maximum absolute atomic E-state index is 6.93. The zero-order valence-corrected chi connectivity index (χ0v) is 9.73. The van der Waals surface area contributed by atoms with Gasteiger partial charge in [0.2, 0.25) is 0 Å². The maximum atomic E-state index is 6.93. The summed E-state index contributed by atoms with van der Waals surface area (Å²) < 4.78 is 0. The minimum Gasteiger partial charge on any atom is -0.302 e. The van der Waals surface area contributed by atoms with Gasteiger partial charge in [0.15, 0.2) is 0 Å². The van der Waals surface area contributed by atoms with Crippen molar-refractivity contribution in [3.8, 4) is 0 Å². The predicted molar refractivity (Wildman–Crippen MR) is 63.7 cm³/mol. The van der Waals surface area contributed by atoms with E-state index >= 15 is 0 Å². The van der Waals surface area contributed by atoms with Gasteiger partial charge in [0.05, 0.1) is 5.55 Å². The Morgan fingerprint density at radius 2 is 1.85 bits per heavy atom. The average Bonchev–Trinajstić information content (AvgIpc) is 2.12. The summed E-state index contributed by atoms with van der Waals surface area (Å²) in [5.41, 5.74) is 1.42. The van der Waals surface area contributed by atoms with Crippen LogP contribution < -0.4 is 0 Å². The molecular formula is C11H21NS. The highest BCUT2D eigenvalue weighted by Crippen LogP contribution is 2.12. The molecule has 1 N–H and O–H groups in total. The third-order valence-corrected chi connectivity index (χ3v) is 2.96. The molecule has 0 saturated carbocycles.